The number of carbonyl (C=O) groups excluding carboxylic acids is 2. The number of carbonyl (C=O) groups is 2. The van der Waals surface area contributed by atoms with E-state index < -0.39 is 0 Å². The molecule has 0 aliphatic carbocycles. The molecule has 4 nitrogen and oxygen atoms in total. The molecule has 2 rings (SSSR count). The third kappa shape index (κ3) is 4.19. The molecule has 0 heterocycles. The first-order valence-corrected chi connectivity index (χ1v) is 7.85. The van der Waals surface area contributed by atoms with Gasteiger partial charge in [0.1, 0.15) is 0 Å². The van der Waals surface area contributed by atoms with Gasteiger partial charge >= 0.3 is 0 Å². The van der Waals surface area contributed by atoms with Gasteiger partial charge in [-0.2, -0.15) is 0 Å². The van der Waals surface area contributed by atoms with Crippen LogP contribution in [0.3, 0.4) is 0 Å². The van der Waals surface area contributed by atoms with Crippen molar-refractivity contribution in [1.29, 1.82) is 0 Å². The average molecular weight is 310 g/mol. The second-order valence-corrected chi connectivity index (χ2v) is 5.24. The van der Waals surface area contributed by atoms with Crippen molar-refractivity contribution in [3.05, 3.63) is 65.2 Å². The molecule has 0 aliphatic heterocycles. The fourth-order valence-corrected chi connectivity index (χ4v) is 2.44. The summed E-state index contributed by atoms with van der Waals surface area (Å²) in [5.41, 5.74) is 2.89. The van der Waals surface area contributed by atoms with Gasteiger partial charge in [-0.1, -0.05) is 30.3 Å². The zero-order chi connectivity index (χ0) is 16.7. The van der Waals surface area contributed by atoms with Gasteiger partial charge in [-0.15, -0.1) is 0 Å². The number of rotatable bonds is 7. The van der Waals surface area contributed by atoms with E-state index in [9.17, 15) is 9.59 Å². The molecule has 0 atom stereocenters. The van der Waals surface area contributed by atoms with E-state index in [-0.39, 0.29) is 5.91 Å². The summed E-state index contributed by atoms with van der Waals surface area (Å²) in [5, 5.41) is 3.31. The Hall–Kier alpha value is -2.62. The quantitative estimate of drug-likeness (QED) is 0.795. The number of para-hydroxylation sites is 1. The highest BCUT2D eigenvalue weighted by Crippen LogP contribution is 2.15. The lowest BCUT2D eigenvalue weighted by atomic mass is 10.0. The molecule has 0 saturated carbocycles. The van der Waals surface area contributed by atoms with Crippen LogP contribution in [0.15, 0.2) is 48.5 Å². The Labute approximate surface area is 137 Å². The molecule has 1 amide bonds. The zero-order valence-electron chi connectivity index (χ0n) is 13.6. The number of aldehydes is 1. The van der Waals surface area contributed by atoms with Gasteiger partial charge in [-0.25, -0.2) is 0 Å². The number of nitrogens with zero attached hydrogens (tertiary/aromatic N) is 1. The molecule has 0 radical (unpaired) electrons. The number of amides is 1. The van der Waals surface area contributed by atoms with Gasteiger partial charge < -0.3 is 10.2 Å². The molecule has 4 heteroatoms. The predicted molar refractivity (Wildman–Crippen MR) is 92.8 cm³/mol. The van der Waals surface area contributed by atoms with E-state index in [4.69, 9.17) is 0 Å². The van der Waals surface area contributed by atoms with E-state index >= 15 is 0 Å². The Bertz CT molecular complexity index is 664. The van der Waals surface area contributed by atoms with Crippen molar-refractivity contribution in [3.8, 4) is 0 Å². The molecule has 2 aromatic carbocycles. The highest BCUT2D eigenvalue weighted by atomic mass is 16.2. The molecular formula is C19H22N2O2. The number of nitrogens with one attached hydrogen (secondary N) is 1. The Balaban J connectivity index is 2.21. The zero-order valence-corrected chi connectivity index (χ0v) is 13.6. The topological polar surface area (TPSA) is 49.4 Å². The van der Waals surface area contributed by atoms with E-state index in [1.165, 1.54) is 0 Å². The minimum absolute atomic E-state index is 0.0985. The van der Waals surface area contributed by atoms with Gasteiger partial charge in [0.2, 0.25) is 0 Å². The van der Waals surface area contributed by atoms with Gasteiger partial charge in [0.05, 0.1) is 5.56 Å². The molecule has 120 valence electrons. The molecule has 23 heavy (non-hydrogen) atoms. The fraction of sp³-hybridized carbons (Fsp3) is 0.263. The summed E-state index contributed by atoms with van der Waals surface area (Å²) >= 11 is 0. The minimum Gasteiger partial charge on any atom is -0.381 e. The Kier molecular flexibility index (Phi) is 5.92. The summed E-state index contributed by atoms with van der Waals surface area (Å²) in [6, 6.07) is 15.3. The van der Waals surface area contributed by atoms with Crippen LogP contribution < -0.4 is 5.32 Å². The van der Waals surface area contributed by atoms with Crippen LogP contribution in [0.2, 0.25) is 0 Å². The maximum Gasteiger partial charge on any atom is 0.254 e. The van der Waals surface area contributed by atoms with E-state index in [1.807, 2.05) is 50.2 Å². The predicted octanol–water partition coefficient (Wildman–Crippen LogP) is 3.59. The molecule has 0 aromatic heterocycles. The first-order valence-electron chi connectivity index (χ1n) is 7.85. The lowest BCUT2D eigenvalue weighted by molar-refractivity contribution is 0.0770. The Morgan fingerprint density at radius 2 is 1.78 bits per heavy atom. The van der Waals surface area contributed by atoms with E-state index in [0.29, 0.717) is 30.8 Å². The first-order chi connectivity index (χ1) is 11.2. The lowest BCUT2D eigenvalue weighted by Crippen LogP contribution is -2.31. The Morgan fingerprint density at radius 1 is 1.09 bits per heavy atom. The van der Waals surface area contributed by atoms with Crippen molar-refractivity contribution in [2.75, 3.05) is 18.4 Å². The van der Waals surface area contributed by atoms with Crippen molar-refractivity contribution in [2.24, 2.45) is 0 Å². The molecule has 0 bridgehead atoms. The number of anilines is 1. The standard InChI is InChI=1S/C19H22N2O2/c1-3-21(4-2)19(23)18-12-15(10-11-16(18)14-22)13-20-17-8-6-5-7-9-17/h5-12,14,20H,3-4,13H2,1-2H3. The summed E-state index contributed by atoms with van der Waals surface area (Å²) in [4.78, 5) is 25.5. The molecule has 0 unspecified atom stereocenters. The maximum absolute atomic E-state index is 12.6. The van der Waals surface area contributed by atoms with Crippen molar-refractivity contribution < 1.29 is 9.59 Å². The second kappa shape index (κ2) is 8.13. The summed E-state index contributed by atoms with van der Waals surface area (Å²) < 4.78 is 0. The molecule has 1 N–H and O–H groups in total. The SMILES string of the molecule is CCN(CC)C(=O)c1cc(CNc2ccccc2)ccc1C=O. The highest BCUT2D eigenvalue weighted by molar-refractivity contribution is 6.01. The van der Waals surface area contributed by atoms with Crippen LogP contribution in [0, 0.1) is 0 Å². The lowest BCUT2D eigenvalue weighted by Gasteiger charge is -2.20. The molecule has 0 aliphatic rings. The summed E-state index contributed by atoms with van der Waals surface area (Å²) in [6.45, 7) is 5.72. The van der Waals surface area contributed by atoms with Crippen LogP contribution >= 0.6 is 0 Å². The number of benzene rings is 2. The van der Waals surface area contributed by atoms with Crippen LogP contribution in [0.1, 0.15) is 40.1 Å². The van der Waals surface area contributed by atoms with Crippen LogP contribution in [0.4, 0.5) is 5.69 Å². The molecular weight excluding hydrogens is 288 g/mol. The summed E-state index contributed by atoms with van der Waals surface area (Å²) in [6.07, 6.45) is 0.741. The maximum atomic E-state index is 12.6. The molecule has 0 fully saturated rings. The van der Waals surface area contributed by atoms with Crippen molar-refractivity contribution >= 4 is 17.9 Å². The molecule has 0 spiro atoms. The molecule has 0 saturated heterocycles. The van der Waals surface area contributed by atoms with Crippen LogP contribution in [0.5, 0.6) is 0 Å². The second-order valence-electron chi connectivity index (χ2n) is 5.24. The highest BCUT2D eigenvalue weighted by Gasteiger charge is 2.16. The third-order valence-corrected chi connectivity index (χ3v) is 3.80. The number of hydrogen-bond acceptors (Lipinski definition) is 3. The van der Waals surface area contributed by atoms with Gasteiger partial charge in [0.25, 0.3) is 5.91 Å². The summed E-state index contributed by atoms with van der Waals surface area (Å²) in [7, 11) is 0. The fourth-order valence-electron chi connectivity index (χ4n) is 2.44. The van der Waals surface area contributed by atoms with Crippen LogP contribution in [0.25, 0.3) is 0 Å². The van der Waals surface area contributed by atoms with Crippen molar-refractivity contribution in [3.63, 3.8) is 0 Å². The minimum atomic E-state index is -0.0985. The van der Waals surface area contributed by atoms with Gasteiger partial charge in [0.15, 0.2) is 6.29 Å². The van der Waals surface area contributed by atoms with Crippen LogP contribution in [-0.2, 0) is 6.54 Å². The molecule has 2 aromatic rings. The average Bonchev–Trinajstić information content (AvgIpc) is 2.61. The largest absolute Gasteiger partial charge is 0.381 e. The van der Waals surface area contributed by atoms with E-state index in [1.54, 1.807) is 17.0 Å². The Morgan fingerprint density at radius 3 is 2.39 bits per heavy atom. The number of hydrogen-bond donors (Lipinski definition) is 1. The van der Waals surface area contributed by atoms with Crippen LogP contribution in [-0.4, -0.2) is 30.2 Å². The van der Waals surface area contributed by atoms with Crippen molar-refractivity contribution in [1.82, 2.24) is 4.90 Å². The summed E-state index contributed by atoms with van der Waals surface area (Å²) in [5.74, 6) is -0.0985. The third-order valence-electron chi connectivity index (χ3n) is 3.80. The van der Waals surface area contributed by atoms with E-state index in [2.05, 4.69) is 5.32 Å². The smallest absolute Gasteiger partial charge is 0.254 e. The first kappa shape index (κ1) is 16.7. The van der Waals surface area contributed by atoms with Gasteiger partial charge in [0, 0.05) is 30.9 Å². The normalized spacial score (nSPS) is 10.2. The van der Waals surface area contributed by atoms with Crippen molar-refractivity contribution in [2.45, 2.75) is 20.4 Å². The van der Waals surface area contributed by atoms with E-state index in [0.717, 1.165) is 17.5 Å². The van der Waals surface area contributed by atoms with Gasteiger partial charge in [-0.05, 0) is 37.6 Å². The monoisotopic (exact) mass is 310 g/mol. The van der Waals surface area contributed by atoms with Gasteiger partial charge in [-0.3, -0.25) is 9.59 Å².